The smallest absolute Gasteiger partial charge is 0.338 e. The summed E-state index contributed by atoms with van der Waals surface area (Å²) < 4.78 is 30.3. The van der Waals surface area contributed by atoms with Crippen molar-refractivity contribution in [2.45, 2.75) is 56.6 Å². The molecule has 1 fully saturated rings. The van der Waals surface area contributed by atoms with Gasteiger partial charge < -0.3 is 10.1 Å². The van der Waals surface area contributed by atoms with Crippen molar-refractivity contribution >= 4 is 21.9 Å². The quantitative estimate of drug-likeness (QED) is 0.544. The zero-order chi connectivity index (χ0) is 20.9. The highest BCUT2D eigenvalue weighted by atomic mass is 32.2. The molecule has 1 aromatic carbocycles. The molecule has 0 radical (unpaired) electrons. The average Bonchev–Trinajstić information content (AvgIpc) is 2.68. The predicted octanol–water partition coefficient (Wildman–Crippen LogP) is 2.11. The van der Waals surface area contributed by atoms with Crippen LogP contribution in [0.4, 0.5) is 0 Å². The molecular formula is C19H28N2O6S. The molecule has 9 heteroatoms. The van der Waals surface area contributed by atoms with E-state index in [0.717, 1.165) is 23.7 Å². The molecule has 2 rings (SSSR count). The summed E-state index contributed by atoms with van der Waals surface area (Å²) in [5.74, 6) is -0.614. The molecule has 28 heavy (non-hydrogen) atoms. The van der Waals surface area contributed by atoms with E-state index < -0.39 is 22.1 Å². The third-order valence-corrected chi connectivity index (χ3v) is 6.77. The van der Waals surface area contributed by atoms with Crippen molar-refractivity contribution < 1.29 is 27.6 Å². The standard InChI is InChI=1S/C19H28N2O6S/c1-13-7-5-6-8-17(13)20-18(22)14(2)27-19(23)15-9-11-16(12-10-15)28(24,25)21(3)26-4/h9-14,17H,5-8H2,1-4H3,(H,20,22)/t13-,14+,17+/m0/s1. The first kappa shape index (κ1) is 22.3. The molecule has 8 nitrogen and oxygen atoms in total. The van der Waals surface area contributed by atoms with Crippen molar-refractivity contribution in [3.05, 3.63) is 29.8 Å². The van der Waals surface area contributed by atoms with Crippen LogP contribution in [0.5, 0.6) is 0 Å². The molecule has 0 heterocycles. The van der Waals surface area contributed by atoms with Gasteiger partial charge in [-0.1, -0.05) is 24.2 Å². The topological polar surface area (TPSA) is 102 Å². The summed E-state index contributed by atoms with van der Waals surface area (Å²) in [4.78, 5) is 29.3. The molecule has 0 spiro atoms. The van der Waals surface area contributed by atoms with E-state index in [4.69, 9.17) is 9.57 Å². The lowest BCUT2D eigenvalue weighted by Crippen LogP contribution is -2.45. The van der Waals surface area contributed by atoms with Crippen molar-refractivity contribution in [1.29, 1.82) is 0 Å². The van der Waals surface area contributed by atoms with Crippen molar-refractivity contribution in [1.82, 2.24) is 9.79 Å². The molecular weight excluding hydrogens is 384 g/mol. The van der Waals surface area contributed by atoms with E-state index in [-0.39, 0.29) is 22.4 Å². The first-order valence-corrected chi connectivity index (χ1v) is 10.7. The van der Waals surface area contributed by atoms with Crippen LogP contribution in [0.2, 0.25) is 0 Å². The average molecular weight is 413 g/mol. The summed E-state index contributed by atoms with van der Waals surface area (Å²) in [7, 11) is -1.29. The first-order valence-electron chi connectivity index (χ1n) is 9.31. The molecule has 0 unspecified atom stereocenters. The van der Waals surface area contributed by atoms with Gasteiger partial charge in [-0.2, -0.15) is 0 Å². The summed E-state index contributed by atoms with van der Waals surface area (Å²) >= 11 is 0. The maximum atomic E-state index is 12.3. The minimum Gasteiger partial charge on any atom is -0.449 e. The van der Waals surface area contributed by atoms with Crippen molar-refractivity contribution in [3.63, 3.8) is 0 Å². The number of nitrogens with zero attached hydrogens (tertiary/aromatic N) is 1. The van der Waals surface area contributed by atoms with E-state index in [1.165, 1.54) is 51.8 Å². The zero-order valence-corrected chi connectivity index (χ0v) is 17.5. The summed E-state index contributed by atoms with van der Waals surface area (Å²) in [5.41, 5.74) is 0.157. The number of ether oxygens (including phenoxy) is 1. The fourth-order valence-corrected chi connectivity index (χ4v) is 4.10. The number of esters is 1. The molecule has 156 valence electrons. The van der Waals surface area contributed by atoms with Crippen LogP contribution in [-0.4, -0.2) is 51.1 Å². The Morgan fingerprint density at radius 3 is 2.36 bits per heavy atom. The van der Waals surface area contributed by atoms with E-state index in [1.807, 2.05) is 0 Å². The summed E-state index contributed by atoms with van der Waals surface area (Å²) in [5, 5.41) is 2.96. The van der Waals surface area contributed by atoms with Crippen molar-refractivity contribution in [2.75, 3.05) is 14.2 Å². The fraction of sp³-hybridized carbons (Fsp3) is 0.579. The van der Waals surface area contributed by atoms with Gasteiger partial charge >= 0.3 is 5.97 Å². The van der Waals surface area contributed by atoms with Gasteiger partial charge in [0.1, 0.15) is 0 Å². The Labute approximate surface area is 166 Å². The molecule has 0 saturated heterocycles. The number of amides is 1. The molecule has 1 amide bonds. The Bertz CT molecular complexity index is 793. The van der Waals surface area contributed by atoms with Crippen LogP contribution in [-0.2, 0) is 24.4 Å². The third-order valence-electron chi connectivity index (χ3n) is 5.08. The number of hydroxylamine groups is 1. The van der Waals surface area contributed by atoms with Gasteiger partial charge in [0.15, 0.2) is 6.10 Å². The van der Waals surface area contributed by atoms with Crippen molar-refractivity contribution in [3.8, 4) is 0 Å². The van der Waals surface area contributed by atoms with E-state index in [9.17, 15) is 18.0 Å². The lowest BCUT2D eigenvalue weighted by molar-refractivity contribution is -0.130. The second-order valence-corrected chi connectivity index (χ2v) is 8.98. The van der Waals surface area contributed by atoms with Gasteiger partial charge in [-0.3, -0.25) is 9.63 Å². The van der Waals surface area contributed by atoms with E-state index in [0.29, 0.717) is 5.92 Å². The van der Waals surface area contributed by atoms with Gasteiger partial charge in [0.05, 0.1) is 17.6 Å². The van der Waals surface area contributed by atoms with Crippen LogP contribution < -0.4 is 5.32 Å². The zero-order valence-electron chi connectivity index (χ0n) is 16.7. The van der Waals surface area contributed by atoms with E-state index >= 15 is 0 Å². The van der Waals surface area contributed by atoms with Crippen molar-refractivity contribution in [2.24, 2.45) is 5.92 Å². The maximum Gasteiger partial charge on any atom is 0.338 e. The first-order chi connectivity index (χ1) is 13.2. The minimum atomic E-state index is -3.79. The van der Waals surface area contributed by atoms with E-state index in [1.54, 1.807) is 0 Å². The van der Waals surface area contributed by atoms with Gasteiger partial charge in [-0.05, 0) is 49.9 Å². The SMILES string of the molecule is CON(C)S(=O)(=O)c1ccc(C(=O)O[C@H](C)C(=O)N[C@@H]2CCCC[C@@H]2C)cc1. The Kier molecular flexibility index (Phi) is 7.56. The monoisotopic (exact) mass is 412 g/mol. The number of sulfonamides is 1. The number of carbonyl (C=O) groups excluding carboxylic acids is 2. The number of hydrogen-bond donors (Lipinski definition) is 1. The second-order valence-electron chi connectivity index (χ2n) is 7.05. The molecule has 1 saturated carbocycles. The highest BCUT2D eigenvalue weighted by Gasteiger charge is 2.27. The lowest BCUT2D eigenvalue weighted by Gasteiger charge is -2.30. The molecule has 3 atom stereocenters. The fourth-order valence-electron chi connectivity index (χ4n) is 3.12. The Balaban J connectivity index is 1.97. The summed E-state index contributed by atoms with van der Waals surface area (Å²) in [6.07, 6.45) is 3.32. The Hall–Kier alpha value is -1.97. The number of rotatable bonds is 7. The van der Waals surface area contributed by atoms with E-state index in [2.05, 4.69) is 12.2 Å². The Morgan fingerprint density at radius 1 is 1.18 bits per heavy atom. The highest BCUT2D eigenvalue weighted by Crippen LogP contribution is 2.24. The molecule has 0 aliphatic heterocycles. The van der Waals surface area contributed by atoms with Gasteiger partial charge in [-0.25, -0.2) is 13.2 Å². The molecule has 0 bridgehead atoms. The molecule has 1 aromatic rings. The number of carbonyl (C=O) groups is 2. The van der Waals surface area contributed by atoms with Gasteiger partial charge in [-0.15, -0.1) is 0 Å². The second kappa shape index (κ2) is 9.49. The van der Waals surface area contributed by atoms with Crippen LogP contribution in [0.25, 0.3) is 0 Å². The molecule has 0 aromatic heterocycles. The number of benzene rings is 1. The molecule has 1 aliphatic carbocycles. The maximum absolute atomic E-state index is 12.3. The molecule has 1 N–H and O–H groups in total. The summed E-state index contributed by atoms with van der Waals surface area (Å²) in [6, 6.07) is 5.36. The van der Waals surface area contributed by atoms with Gasteiger partial charge in [0.25, 0.3) is 15.9 Å². The van der Waals surface area contributed by atoms with Crippen LogP contribution in [0.1, 0.15) is 49.9 Å². The lowest BCUT2D eigenvalue weighted by atomic mass is 9.86. The van der Waals surface area contributed by atoms with Crippen LogP contribution >= 0.6 is 0 Å². The number of nitrogens with one attached hydrogen (secondary N) is 1. The predicted molar refractivity (Wildman–Crippen MR) is 103 cm³/mol. The largest absolute Gasteiger partial charge is 0.449 e. The Morgan fingerprint density at radius 2 is 1.79 bits per heavy atom. The van der Waals surface area contributed by atoms with Crippen LogP contribution in [0, 0.1) is 5.92 Å². The summed E-state index contributed by atoms with van der Waals surface area (Å²) in [6.45, 7) is 3.63. The molecule has 1 aliphatic rings. The van der Waals surface area contributed by atoms with Crippen LogP contribution in [0.15, 0.2) is 29.2 Å². The van der Waals surface area contributed by atoms with Gasteiger partial charge in [0, 0.05) is 13.1 Å². The normalized spacial score (nSPS) is 21.2. The number of hydrogen-bond acceptors (Lipinski definition) is 6. The highest BCUT2D eigenvalue weighted by molar-refractivity contribution is 7.89. The minimum absolute atomic E-state index is 0.0227. The van der Waals surface area contributed by atoms with Gasteiger partial charge in [0.2, 0.25) is 0 Å². The van der Waals surface area contributed by atoms with Crippen LogP contribution in [0.3, 0.4) is 0 Å². The third kappa shape index (κ3) is 5.30.